The molecule has 0 bridgehead atoms. The van der Waals surface area contributed by atoms with Gasteiger partial charge in [-0.05, 0) is 31.2 Å². The summed E-state index contributed by atoms with van der Waals surface area (Å²) in [5.74, 6) is 0.120. The van der Waals surface area contributed by atoms with Crippen molar-refractivity contribution < 1.29 is 22.6 Å². The quantitative estimate of drug-likeness (QED) is 0.472. The predicted molar refractivity (Wildman–Crippen MR) is 104 cm³/mol. The molecule has 0 atom stereocenters. The fourth-order valence-electron chi connectivity index (χ4n) is 2.91. The lowest BCUT2D eigenvalue weighted by Crippen LogP contribution is -2.07. The smallest absolute Gasteiger partial charge is 0.419 e. The van der Waals surface area contributed by atoms with Crippen LogP contribution in [0.4, 0.5) is 13.2 Å². The number of hydrogen-bond donors (Lipinski definition) is 0. The van der Waals surface area contributed by atoms with E-state index in [1.165, 1.54) is 37.0 Å². The van der Waals surface area contributed by atoms with Crippen molar-refractivity contribution in [2.24, 2.45) is 7.05 Å². The highest BCUT2D eigenvalue weighted by Crippen LogP contribution is 2.37. The number of hydrogen-bond acceptors (Lipinski definition) is 6. The van der Waals surface area contributed by atoms with Crippen molar-refractivity contribution in [1.29, 1.82) is 0 Å². The van der Waals surface area contributed by atoms with Gasteiger partial charge in [0.05, 0.1) is 24.7 Å². The van der Waals surface area contributed by atoms with E-state index in [1.807, 2.05) is 13.1 Å². The first-order chi connectivity index (χ1) is 14.8. The number of rotatable bonds is 5. The van der Waals surface area contributed by atoms with Gasteiger partial charge in [0, 0.05) is 13.2 Å². The first-order valence-corrected chi connectivity index (χ1v) is 9.07. The van der Waals surface area contributed by atoms with E-state index in [2.05, 4.69) is 20.1 Å². The maximum atomic E-state index is 13.2. The average molecular weight is 430 g/mol. The largest absolute Gasteiger partial charge is 0.479 e. The molecule has 0 radical (unpaired) electrons. The Morgan fingerprint density at radius 3 is 2.48 bits per heavy atom. The lowest BCUT2D eigenvalue weighted by atomic mass is 10.2. The second-order valence-electron chi connectivity index (χ2n) is 6.58. The molecular weight excluding hydrogens is 413 g/mol. The highest BCUT2D eigenvalue weighted by molar-refractivity contribution is 5.55. The zero-order valence-corrected chi connectivity index (χ0v) is 16.8. The van der Waals surface area contributed by atoms with E-state index in [1.54, 1.807) is 23.0 Å². The van der Waals surface area contributed by atoms with Crippen molar-refractivity contribution in [2.45, 2.75) is 13.1 Å². The van der Waals surface area contributed by atoms with Gasteiger partial charge in [-0.1, -0.05) is 12.1 Å². The molecule has 0 aliphatic carbocycles. The molecule has 0 aliphatic heterocycles. The average Bonchev–Trinajstić information content (AvgIpc) is 3.33. The monoisotopic (exact) mass is 430 g/mol. The Morgan fingerprint density at radius 1 is 1.03 bits per heavy atom. The van der Waals surface area contributed by atoms with E-state index in [9.17, 15) is 13.2 Å². The number of ether oxygens (including phenoxy) is 2. The zero-order valence-electron chi connectivity index (χ0n) is 16.8. The van der Waals surface area contributed by atoms with Gasteiger partial charge in [0.25, 0.3) is 0 Å². The summed E-state index contributed by atoms with van der Waals surface area (Å²) in [5, 5.41) is 4.21. The maximum absolute atomic E-state index is 13.2. The van der Waals surface area contributed by atoms with Gasteiger partial charge >= 0.3 is 12.2 Å². The number of methoxy groups -OCH3 is 1. The van der Waals surface area contributed by atoms with E-state index in [4.69, 9.17) is 9.47 Å². The molecule has 3 heterocycles. The van der Waals surface area contributed by atoms with Crippen LogP contribution in [-0.2, 0) is 13.2 Å². The molecule has 0 fully saturated rings. The van der Waals surface area contributed by atoms with Crippen LogP contribution in [0.3, 0.4) is 0 Å². The van der Waals surface area contributed by atoms with Crippen molar-refractivity contribution in [3.63, 3.8) is 0 Å². The highest BCUT2D eigenvalue weighted by atomic mass is 19.4. The maximum Gasteiger partial charge on any atom is 0.419 e. The van der Waals surface area contributed by atoms with Crippen LogP contribution in [0, 0.1) is 6.92 Å². The SMILES string of the molecule is COc1nc(-c2nc(Oc3ccccc3C(F)(F)F)n(C)n2)ccc1-n1cnc(C)c1. The molecule has 4 rings (SSSR count). The van der Waals surface area contributed by atoms with Crippen molar-refractivity contribution in [1.82, 2.24) is 29.3 Å². The first kappa shape index (κ1) is 20.4. The number of para-hydroxylation sites is 1. The summed E-state index contributed by atoms with van der Waals surface area (Å²) < 4.78 is 53.5. The third-order valence-corrected chi connectivity index (χ3v) is 4.37. The van der Waals surface area contributed by atoms with Gasteiger partial charge in [0.2, 0.25) is 11.7 Å². The van der Waals surface area contributed by atoms with Gasteiger partial charge in [-0.15, -0.1) is 5.10 Å². The summed E-state index contributed by atoms with van der Waals surface area (Å²) in [5.41, 5.74) is 0.961. The van der Waals surface area contributed by atoms with E-state index >= 15 is 0 Å². The zero-order chi connectivity index (χ0) is 22.2. The summed E-state index contributed by atoms with van der Waals surface area (Å²) in [6.07, 6.45) is -1.10. The van der Waals surface area contributed by atoms with E-state index in [-0.39, 0.29) is 17.6 Å². The molecule has 31 heavy (non-hydrogen) atoms. The summed E-state index contributed by atoms with van der Waals surface area (Å²) in [6.45, 7) is 1.86. The van der Waals surface area contributed by atoms with Gasteiger partial charge in [-0.25, -0.2) is 14.6 Å². The number of aromatic nitrogens is 6. The van der Waals surface area contributed by atoms with Gasteiger partial charge in [-0.2, -0.15) is 18.2 Å². The molecular formula is C20H17F3N6O2. The highest BCUT2D eigenvalue weighted by Gasteiger charge is 2.34. The lowest BCUT2D eigenvalue weighted by Gasteiger charge is -2.12. The molecule has 3 aromatic heterocycles. The Hall–Kier alpha value is -3.89. The minimum Gasteiger partial charge on any atom is -0.479 e. The van der Waals surface area contributed by atoms with Gasteiger partial charge in [0.15, 0.2) is 0 Å². The standard InChI is InChI=1S/C20H17F3N6O2/c1-12-10-29(11-24-12)15-9-8-14(25-18(15)30-3)17-26-19(28(2)27-17)31-16-7-5-4-6-13(16)20(21,22)23/h4-11H,1-3H3. The molecule has 8 nitrogen and oxygen atoms in total. The summed E-state index contributed by atoms with van der Waals surface area (Å²) >= 11 is 0. The first-order valence-electron chi connectivity index (χ1n) is 9.07. The summed E-state index contributed by atoms with van der Waals surface area (Å²) in [7, 11) is 3.00. The molecule has 0 spiro atoms. The fraction of sp³-hybridized carbons (Fsp3) is 0.200. The number of halogens is 3. The van der Waals surface area contributed by atoms with Crippen molar-refractivity contribution in [2.75, 3.05) is 7.11 Å². The van der Waals surface area contributed by atoms with Crippen LogP contribution < -0.4 is 9.47 Å². The molecule has 0 N–H and O–H groups in total. The van der Waals surface area contributed by atoms with Crippen molar-refractivity contribution in [3.8, 4) is 34.8 Å². The summed E-state index contributed by atoms with van der Waals surface area (Å²) in [6, 6.07) is 8.23. The molecule has 0 aliphatic rings. The fourth-order valence-corrected chi connectivity index (χ4v) is 2.91. The van der Waals surface area contributed by atoms with Gasteiger partial charge in [0.1, 0.15) is 17.1 Å². The van der Waals surface area contributed by atoms with Crippen LogP contribution in [0.5, 0.6) is 17.6 Å². The Balaban J connectivity index is 1.67. The van der Waals surface area contributed by atoms with Gasteiger partial charge in [-0.3, -0.25) is 0 Å². The Kier molecular flexibility index (Phi) is 5.09. The van der Waals surface area contributed by atoms with E-state index in [0.717, 1.165) is 11.8 Å². The number of alkyl halides is 3. The summed E-state index contributed by atoms with van der Waals surface area (Å²) in [4.78, 5) is 12.8. The molecule has 11 heteroatoms. The van der Waals surface area contributed by atoms with Crippen molar-refractivity contribution in [3.05, 3.63) is 60.2 Å². The molecule has 4 aromatic rings. The number of nitrogens with zero attached hydrogens (tertiary/aromatic N) is 6. The Morgan fingerprint density at radius 2 is 1.81 bits per heavy atom. The number of pyridine rings is 1. The topological polar surface area (TPSA) is 79.9 Å². The third-order valence-electron chi connectivity index (χ3n) is 4.37. The van der Waals surface area contributed by atoms with E-state index in [0.29, 0.717) is 17.3 Å². The van der Waals surface area contributed by atoms with Crippen LogP contribution in [0.2, 0.25) is 0 Å². The molecule has 0 saturated carbocycles. The molecule has 0 saturated heterocycles. The van der Waals surface area contributed by atoms with Crippen LogP contribution >= 0.6 is 0 Å². The van der Waals surface area contributed by atoms with Crippen LogP contribution in [0.15, 0.2) is 48.9 Å². The minimum atomic E-state index is -4.56. The van der Waals surface area contributed by atoms with Crippen LogP contribution in [0.25, 0.3) is 17.2 Å². The predicted octanol–water partition coefficient (Wildman–Crippen LogP) is 4.19. The van der Waals surface area contributed by atoms with Crippen molar-refractivity contribution >= 4 is 0 Å². The normalized spacial score (nSPS) is 11.5. The molecule has 1 aromatic carbocycles. The third kappa shape index (κ3) is 4.06. The lowest BCUT2D eigenvalue weighted by molar-refractivity contribution is -0.138. The van der Waals surface area contributed by atoms with Crippen LogP contribution in [-0.4, -0.2) is 36.4 Å². The minimum absolute atomic E-state index is 0.109. The van der Waals surface area contributed by atoms with Gasteiger partial charge < -0.3 is 14.0 Å². The Bertz CT molecular complexity index is 1230. The molecule has 160 valence electrons. The molecule has 0 amide bonds. The second kappa shape index (κ2) is 7.74. The number of imidazole rings is 1. The molecule has 0 unspecified atom stereocenters. The second-order valence-corrected chi connectivity index (χ2v) is 6.58. The number of benzene rings is 1. The number of aryl methyl sites for hydroxylation is 2. The van der Waals surface area contributed by atoms with E-state index < -0.39 is 11.7 Å². The Labute approximate surface area is 174 Å². The van der Waals surface area contributed by atoms with Crippen LogP contribution in [0.1, 0.15) is 11.3 Å².